The average molecular weight is 355 g/mol. The van der Waals surface area contributed by atoms with Crippen molar-refractivity contribution in [1.82, 2.24) is 0 Å². The van der Waals surface area contributed by atoms with Crippen molar-refractivity contribution in [1.29, 1.82) is 0 Å². The standard InChI is InChI=1S/C11H13BrF6O/c12-6-5-7(9(6)3-1-2-4-9)19-8(10(13,14)15)11(16,17)18/h6-8H,1-5H2. The quantitative estimate of drug-likeness (QED) is 0.520. The van der Waals surface area contributed by atoms with Crippen molar-refractivity contribution in [2.75, 3.05) is 0 Å². The summed E-state index contributed by atoms with van der Waals surface area (Å²) in [4.78, 5) is -0.0467. The molecule has 0 aromatic carbocycles. The van der Waals surface area contributed by atoms with Gasteiger partial charge in [-0.1, -0.05) is 28.8 Å². The Morgan fingerprint density at radius 1 is 1.00 bits per heavy atom. The van der Waals surface area contributed by atoms with E-state index in [1.54, 1.807) is 0 Å². The summed E-state index contributed by atoms with van der Waals surface area (Å²) < 4.78 is 79.2. The van der Waals surface area contributed by atoms with Crippen LogP contribution in [0.25, 0.3) is 0 Å². The van der Waals surface area contributed by atoms with Crippen LogP contribution in [0.5, 0.6) is 0 Å². The Kier molecular flexibility index (Phi) is 3.88. The summed E-state index contributed by atoms with van der Waals surface area (Å²) in [5.74, 6) is 0. The van der Waals surface area contributed by atoms with E-state index in [2.05, 4.69) is 20.7 Å². The van der Waals surface area contributed by atoms with Gasteiger partial charge in [0.05, 0.1) is 6.10 Å². The maximum Gasteiger partial charge on any atom is 0.423 e. The molecule has 0 saturated heterocycles. The Morgan fingerprint density at radius 2 is 1.47 bits per heavy atom. The van der Waals surface area contributed by atoms with Gasteiger partial charge in [0.2, 0.25) is 6.10 Å². The number of alkyl halides is 7. The summed E-state index contributed by atoms with van der Waals surface area (Å²) >= 11 is 3.33. The topological polar surface area (TPSA) is 9.23 Å². The maximum atomic E-state index is 12.5. The minimum Gasteiger partial charge on any atom is -0.357 e. The summed E-state index contributed by atoms with van der Waals surface area (Å²) in [7, 11) is 0. The zero-order chi connectivity index (χ0) is 14.5. The van der Waals surface area contributed by atoms with Gasteiger partial charge in [0.15, 0.2) is 0 Å². The fourth-order valence-corrected chi connectivity index (χ4v) is 4.15. The van der Waals surface area contributed by atoms with Gasteiger partial charge >= 0.3 is 12.4 Å². The summed E-state index contributed by atoms with van der Waals surface area (Å²) in [6, 6.07) is 0. The zero-order valence-electron chi connectivity index (χ0n) is 9.82. The Morgan fingerprint density at radius 3 is 1.84 bits per heavy atom. The summed E-state index contributed by atoms with van der Waals surface area (Å²) in [6.45, 7) is 0. The van der Waals surface area contributed by atoms with Crippen molar-refractivity contribution in [3.05, 3.63) is 0 Å². The molecule has 2 aliphatic rings. The Labute approximate surface area is 114 Å². The third-order valence-corrected chi connectivity index (χ3v) is 5.40. The number of halogens is 7. The van der Waals surface area contributed by atoms with E-state index >= 15 is 0 Å². The molecule has 2 atom stereocenters. The van der Waals surface area contributed by atoms with E-state index in [-0.39, 0.29) is 11.2 Å². The molecule has 0 N–H and O–H groups in total. The average Bonchev–Trinajstić information content (AvgIpc) is 2.71. The molecule has 2 fully saturated rings. The number of hydrogen-bond donors (Lipinski definition) is 0. The summed E-state index contributed by atoms with van der Waals surface area (Å²) in [6.07, 6.45) is -12.4. The minimum atomic E-state index is -5.42. The summed E-state index contributed by atoms with van der Waals surface area (Å²) in [5.41, 5.74) is -0.547. The first-order chi connectivity index (χ1) is 8.57. The third kappa shape index (κ3) is 2.75. The monoisotopic (exact) mass is 354 g/mol. The van der Waals surface area contributed by atoms with E-state index < -0.39 is 30.0 Å². The molecule has 0 amide bonds. The molecule has 1 spiro atoms. The van der Waals surface area contributed by atoms with Crippen LogP contribution >= 0.6 is 15.9 Å². The van der Waals surface area contributed by atoms with Gasteiger partial charge in [0, 0.05) is 10.2 Å². The molecule has 0 radical (unpaired) electrons. The first kappa shape index (κ1) is 15.4. The predicted molar refractivity (Wildman–Crippen MR) is 59.0 cm³/mol. The molecular formula is C11H13BrF6O. The lowest BCUT2D eigenvalue weighted by atomic mass is 9.64. The fourth-order valence-electron chi connectivity index (χ4n) is 3.06. The van der Waals surface area contributed by atoms with E-state index in [1.165, 1.54) is 0 Å². The molecule has 0 aliphatic heterocycles. The molecule has 1 nitrogen and oxygen atoms in total. The SMILES string of the molecule is FC(F)(F)C(OC1CC(Br)C12CCCC2)C(F)(F)F. The van der Waals surface area contributed by atoms with Crippen molar-refractivity contribution in [3.63, 3.8) is 0 Å². The van der Waals surface area contributed by atoms with Crippen LogP contribution in [0.3, 0.4) is 0 Å². The Bertz CT molecular complexity index is 319. The molecule has 19 heavy (non-hydrogen) atoms. The largest absolute Gasteiger partial charge is 0.423 e. The molecule has 8 heteroatoms. The second kappa shape index (κ2) is 4.79. The molecular weight excluding hydrogens is 342 g/mol. The van der Waals surface area contributed by atoms with E-state index in [0.29, 0.717) is 12.8 Å². The zero-order valence-corrected chi connectivity index (χ0v) is 11.4. The normalized spacial score (nSPS) is 30.9. The Balaban J connectivity index is 2.11. The molecule has 2 saturated carbocycles. The highest BCUT2D eigenvalue weighted by molar-refractivity contribution is 9.09. The Hall–Kier alpha value is 0.0200. The van der Waals surface area contributed by atoms with E-state index in [9.17, 15) is 26.3 Å². The van der Waals surface area contributed by atoms with Gasteiger partial charge in [0.1, 0.15) is 0 Å². The fraction of sp³-hybridized carbons (Fsp3) is 1.00. The summed E-state index contributed by atoms with van der Waals surface area (Å²) in [5, 5.41) is 0. The van der Waals surface area contributed by atoms with Crippen molar-refractivity contribution in [2.45, 2.75) is 61.5 Å². The van der Waals surface area contributed by atoms with Crippen LogP contribution in [-0.4, -0.2) is 29.4 Å². The van der Waals surface area contributed by atoms with Gasteiger partial charge in [-0.15, -0.1) is 0 Å². The van der Waals surface area contributed by atoms with Crippen LogP contribution in [0.15, 0.2) is 0 Å². The molecule has 2 rings (SSSR count). The van der Waals surface area contributed by atoms with E-state index in [4.69, 9.17) is 0 Å². The highest BCUT2D eigenvalue weighted by Crippen LogP contribution is 2.59. The molecule has 2 unspecified atom stereocenters. The van der Waals surface area contributed by atoms with E-state index in [0.717, 1.165) is 12.8 Å². The van der Waals surface area contributed by atoms with Crippen LogP contribution in [0.2, 0.25) is 0 Å². The van der Waals surface area contributed by atoms with Crippen LogP contribution in [0, 0.1) is 5.41 Å². The van der Waals surface area contributed by atoms with Crippen LogP contribution < -0.4 is 0 Å². The minimum absolute atomic E-state index is 0.0467. The van der Waals surface area contributed by atoms with Crippen molar-refractivity contribution >= 4 is 15.9 Å². The lowest BCUT2D eigenvalue weighted by molar-refractivity contribution is -0.345. The van der Waals surface area contributed by atoms with Gasteiger partial charge in [-0.05, 0) is 19.3 Å². The van der Waals surface area contributed by atoms with E-state index in [1.807, 2.05) is 0 Å². The van der Waals surface area contributed by atoms with Gasteiger partial charge in [-0.25, -0.2) is 0 Å². The molecule has 2 aliphatic carbocycles. The smallest absolute Gasteiger partial charge is 0.357 e. The molecule has 112 valence electrons. The van der Waals surface area contributed by atoms with Crippen molar-refractivity contribution in [3.8, 4) is 0 Å². The van der Waals surface area contributed by atoms with Crippen molar-refractivity contribution in [2.24, 2.45) is 5.41 Å². The molecule has 0 aromatic heterocycles. The van der Waals surface area contributed by atoms with Crippen LogP contribution in [-0.2, 0) is 4.74 Å². The highest BCUT2D eigenvalue weighted by atomic mass is 79.9. The number of hydrogen-bond acceptors (Lipinski definition) is 1. The van der Waals surface area contributed by atoms with Crippen molar-refractivity contribution < 1.29 is 31.1 Å². The third-order valence-electron chi connectivity index (χ3n) is 4.12. The van der Waals surface area contributed by atoms with Gasteiger partial charge in [0.25, 0.3) is 0 Å². The van der Waals surface area contributed by atoms with Crippen LogP contribution in [0.4, 0.5) is 26.3 Å². The number of ether oxygens (including phenoxy) is 1. The van der Waals surface area contributed by atoms with Gasteiger partial charge < -0.3 is 4.74 Å². The van der Waals surface area contributed by atoms with Crippen LogP contribution in [0.1, 0.15) is 32.1 Å². The van der Waals surface area contributed by atoms with Gasteiger partial charge in [-0.2, -0.15) is 26.3 Å². The first-order valence-electron chi connectivity index (χ1n) is 6.00. The molecule has 0 aromatic rings. The second-order valence-corrected chi connectivity index (χ2v) is 6.34. The highest BCUT2D eigenvalue weighted by Gasteiger charge is 2.63. The molecule has 0 bridgehead atoms. The lowest BCUT2D eigenvalue weighted by Crippen LogP contribution is -2.58. The number of rotatable bonds is 2. The lowest BCUT2D eigenvalue weighted by Gasteiger charge is -2.52. The predicted octanol–water partition coefficient (Wildman–Crippen LogP) is 4.59. The first-order valence-corrected chi connectivity index (χ1v) is 6.92. The second-order valence-electron chi connectivity index (χ2n) is 5.23. The maximum absolute atomic E-state index is 12.5. The van der Waals surface area contributed by atoms with Gasteiger partial charge in [-0.3, -0.25) is 0 Å². The molecule has 0 heterocycles.